The van der Waals surface area contributed by atoms with Crippen LogP contribution >= 0.6 is 12.6 Å². The average Bonchev–Trinajstić information content (AvgIpc) is 2.72. The number of thiol groups is 1. The maximum Gasteiger partial charge on any atom is 0.323 e. The van der Waals surface area contributed by atoms with Crippen LogP contribution in [-0.2, 0) is 19.2 Å². The Balaban J connectivity index is 3.16. The van der Waals surface area contributed by atoms with Crippen LogP contribution in [0.25, 0.3) is 0 Å². The highest BCUT2D eigenvalue weighted by molar-refractivity contribution is 7.80. The molecule has 1 aliphatic rings. The first kappa shape index (κ1) is 26.5. The van der Waals surface area contributed by atoms with E-state index in [0.717, 1.165) is 12.2 Å². The van der Waals surface area contributed by atoms with Gasteiger partial charge in [-0.05, 0) is 18.6 Å². The van der Waals surface area contributed by atoms with Crippen LogP contribution in [0.4, 0.5) is 0 Å². The van der Waals surface area contributed by atoms with Gasteiger partial charge >= 0.3 is 11.9 Å². The zero-order chi connectivity index (χ0) is 24.6. The molecule has 16 heteroatoms. The molecule has 0 heterocycles. The molecule has 3 atom stereocenters. The smallest absolute Gasteiger partial charge is 0.323 e. The van der Waals surface area contributed by atoms with E-state index in [2.05, 4.69) is 17.9 Å². The van der Waals surface area contributed by atoms with Crippen LogP contribution in [0.1, 0.15) is 19.3 Å². The first-order chi connectivity index (χ1) is 14.9. The second-order valence-electron chi connectivity index (χ2n) is 6.61. The molecule has 0 saturated heterocycles. The number of nitrogens with zero attached hydrogens (tertiary/aromatic N) is 3. The molecule has 0 aromatic heterocycles. The molecule has 0 aromatic rings. The third kappa shape index (κ3) is 7.31. The number of nitrogens with one attached hydrogen (secondary N) is 1. The number of nitro groups is 2. The van der Waals surface area contributed by atoms with Crippen molar-refractivity contribution >= 4 is 36.4 Å². The van der Waals surface area contributed by atoms with Crippen LogP contribution in [-0.4, -0.2) is 79.1 Å². The normalized spacial score (nSPS) is 17.2. The molecule has 15 nitrogen and oxygen atoms in total. The van der Waals surface area contributed by atoms with Gasteiger partial charge in [0.1, 0.15) is 30.7 Å². The molecule has 32 heavy (non-hydrogen) atoms. The topological polar surface area (TPSA) is 236 Å². The van der Waals surface area contributed by atoms with E-state index in [1.54, 1.807) is 0 Å². The number of rotatable bonds is 12. The van der Waals surface area contributed by atoms with Gasteiger partial charge in [-0.1, -0.05) is 0 Å². The summed E-state index contributed by atoms with van der Waals surface area (Å²) in [4.78, 5) is 68.2. The summed E-state index contributed by atoms with van der Waals surface area (Å²) in [7, 11) is 0. The first-order valence-electron chi connectivity index (χ1n) is 9.00. The van der Waals surface area contributed by atoms with Crippen molar-refractivity contribution in [2.75, 3.05) is 12.3 Å². The number of aliphatic carboxylic acids is 2. The second-order valence-corrected chi connectivity index (χ2v) is 6.97. The summed E-state index contributed by atoms with van der Waals surface area (Å²) in [5.41, 5.74) is 4.10. The number of amides is 2. The van der Waals surface area contributed by atoms with Crippen molar-refractivity contribution in [3.8, 4) is 0 Å². The summed E-state index contributed by atoms with van der Waals surface area (Å²) >= 11 is 3.94. The predicted octanol–water partition coefficient (Wildman–Crippen LogP) is -1.40. The van der Waals surface area contributed by atoms with Gasteiger partial charge in [-0.3, -0.25) is 44.3 Å². The SMILES string of the molecule is NC(CCC(=O)NC(CS)C(=O)N(CC(=O)O)C1=C([N+](=O)[O-])C[C@H]([N+](=O)[O-])C=C1)C(=O)O. The summed E-state index contributed by atoms with van der Waals surface area (Å²) in [6.07, 6.45) is 0.623. The lowest BCUT2D eigenvalue weighted by Gasteiger charge is -2.27. The Labute approximate surface area is 185 Å². The fourth-order valence-electron chi connectivity index (χ4n) is 2.69. The molecule has 0 fully saturated rings. The lowest BCUT2D eigenvalue weighted by atomic mass is 10.0. The molecule has 0 bridgehead atoms. The van der Waals surface area contributed by atoms with Crippen LogP contribution in [0.5, 0.6) is 0 Å². The second kappa shape index (κ2) is 11.8. The lowest BCUT2D eigenvalue weighted by molar-refractivity contribution is -0.518. The summed E-state index contributed by atoms with van der Waals surface area (Å²) in [6.45, 7) is -1.02. The van der Waals surface area contributed by atoms with Crippen LogP contribution in [0.3, 0.4) is 0 Å². The lowest BCUT2D eigenvalue weighted by Crippen LogP contribution is -2.51. The van der Waals surface area contributed by atoms with Gasteiger partial charge in [-0.2, -0.15) is 12.6 Å². The number of carbonyl (C=O) groups excluding carboxylic acids is 2. The monoisotopic (exact) mass is 475 g/mol. The minimum Gasteiger partial charge on any atom is -0.480 e. The third-order valence-electron chi connectivity index (χ3n) is 4.33. The van der Waals surface area contributed by atoms with Crippen molar-refractivity contribution in [2.24, 2.45) is 5.73 Å². The van der Waals surface area contributed by atoms with Crippen molar-refractivity contribution in [1.82, 2.24) is 10.2 Å². The summed E-state index contributed by atoms with van der Waals surface area (Å²) in [5, 5.41) is 42.6. The molecule has 1 rings (SSSR count). The maximum atomic E-state index is 12.9. The van der Waals surface area contributed by atoms with Crippen molar-refractivity contribution in [2.45, 2.75) is 37.4 Å². The van der Waals surface area contributed by atoms with Crippen molar-refractivity contribution < 1.29 is 39.2 Å². The van der Waals surface area contributed by atoms with E-state index in [1.807, 2.05) is 0 Å². The molecular formula is C16H21N5O10S. The van der Waals surface area contributed by atoms with Gasteiger partial charge in [-0.25, -0.2) is 0 Å². The Morgan fingerprint density at radius 3 is 2.38 bits per heavy atom. The molecule has 5 N–H and O–H groups in total. The predicted molar refractivity (Wildman–Crippen MR) is 109 cm³/mol. The Bertz CT molecular complexity index is 873. The standard InChI is InChI=1S/C16H21N5O10S/c17-9(16(26)27)2-4-13(22)18-10(7-32)15(25)19(6-14(23)24)11-3-1-8(20(28)29)5-12(11)21(30)31/h1,3,8-10,32H,2,4-7,17H2,(H,18,22)(H,23,24)(H,26,27)/t8-,9?,10?/m1/s1. The highest BCUT2D eigenvalue weighted by Crippen LogP contribution is 2.25. The van der Waals surface area contributed by atoms with Gasteiger partial charge in [0, 0.05) is 17.1 Å². The number of carboxylic acid groups (broad SMARTS) is 2. The summed E-state index contributed by atoms with van der Waals surface area (Å²) in [5.74, 6) is -5.02. The van der Waals surface area contributed by atoms with Gasteiger partial charge in [0.25, 0.3) is 11.6 Å². The molecule has 0 aromatic carbocycles. The van der Waals surface area contributed by atoms with Crippen molar-refractivity contribution in [3.63, 3.8) is 0 Å². The fourth-order valence-corrected chi connectivity index (χ4v) is 2.94. The number of hydrogen-bond acceptors (Lipinski definition) is 10. The van der Waals surface area contributed by atoms with Gasteiger partial charge in [0.2, 0.25) is 11.9 Å². The first-order valence-corrected chi connectivity index (χ1v) is 9.63. The summed E-state index contributed by atoms with van der Waals surface area (Å²) < 4.78 is 0. The number of nitrogens with two attached hydrogens (primary N) is 1. The molecule has 0 spiro atoms. The molecule has 2 unspecified atom stereocenters. The van der Waals surface area contributed by atoms with Crippen molar-refractivity contribution in [1.29, 1.82) is 0 Å². The van der Waals surface area contributed by atoms with Gasteiger partial charge < -0.3 is 21.3 Å². The van der Waals surface area contributed by atoms with Gasteiger partial charge in [0.15, 0.2) is 0 Å². The van der Waals surface area contributed by atoms with Crippen LogP contribution < -0.4 is 11.1 Å². The van der Waals surface area contributed by atoms with Crippen LogP contribution in [0, 0.1) is 20.2 Å². The van der Waals surface area contributed by atoms with E-state index in [-0.39, 0.29) is 18.6 Å². The Morgan fingerprint density at radius 1 is 1.28 bits per heavy atom. The maximum absolute atomic E-state index is 12.9. The third-order valence-corrected chi connectivity index (χ3v) is 4.70. The highest BCUT2D eigenvalue weighted by Gasteiger charge is 2.38. The van der Waals surface area contributed by atoms with Crippen LogP contribution in [0.2, 0.25) is 0 Å². The molecule has 176 valence electrons. The Morgan fingerprint density at radius 2 is 1.91 bits per heavy atom. The molecule has 0 radical (unpaired) electrons. The minimum atomic E-state index is -1.53. The zero-order valence-electron chi connectivity index (χ0n) is 16.4. The van der Waals surface area contributed by atoms with E-state index >= 15 is 0 Å². The van der Waals surface area contributed by atoms with Gasteiger partial charge in [-0.15, -0.1) is 0 Å². The number of hydrogen-bond donors (Lipinski definition) is 5. The van der Waals surface area contributed by atoms with Gasteiger partial charge in [0.05, 0.1) is 4.92 Å². The number of allylic oxidation sites excluding steroid dienone is 1. The average molecular weight is 475 g/mol. The molecule has 0 aliphatic heterocycles. The summed E-state index contributed by atoms with van der Waals surface area (Å²) in [6, 6.07) is -4.17. The van der Waals surface area contributed by atoms with E-state index in [1.165, 1.54) is 0 Å². The fraction of sp³-hybridized carbons (Fsp3) is 0.500. The number of carbonyl (C=O) groups is 4. The van der Waals surface area contributed by atoms with E-state index in [9.17, 15) is 39.4 Å². The highest BCUT2D eigenvalue weighted by atomic mass is 32.1. The van der Waals surface area contributed by atoms with E-state index in [4.69, 9.17) is 15.9 Å². The molecule has 2 amide bonds. The molecule has 1 aliphatic carbocycles. The zero-order valence-corrected chi connectivity index (χ0v) is 17.3. The van der Waals surface area contributed by atoms with E-state index < -0.39 is 76.1 Å². The van der Waals surface area contributed by atoms with Crippen LogP contribution in [0.15, 0.2) is 23.5 Å². The molecule has 0 saturated carbocycles. The quantitative estimate of drug-likeness (QED) is 0.125. The van der Waals surface area contributed by atoms with Crippen molar-refractivity contribution in [3.05, 3.63) is 43.8 Å². The minimum absolute atomic E-state index is 0.241. The number of carboxylic acids is 2. The largest absolute Gasteiger partial charge is 0.480 e. The molecular weight excluding hydrogens is 454 g/mol. The Kier molecular flexibility index (Phi) is 9.73. The Hall–Kier alpha value is -3.53. The van der Waals surface area contributed by atoms with E-state index in [0.29, 0.717) is 4.90 Å².